The maximum atomic E-state index is 11.9. The largest absolute Gasteiger partial charge is 0.354 e. The molecule has 7 heteroatoms. The van der Waals surface area contributed by atoms with Crippen LogP contribution in [0.2, 0.25) is 0 Å². The summed E-state index contributed by atoms with van der Waals surface area (Å²) in [7, 11) is 0. The van der Waals surface area contributed by atoms with Crippen LogP contribution in [-0.4, -0.2) is 60.6 Å². The molecule has 0 aliphatic carbocycles. The fourth-order valence-electron chi connectivity index (χ4n) is 2.93. The van der Waals surface area contributed by atoms with Crippen LogP contribution >= 0.6 is 11.8 Å². The zero-order chi connectivity index (χ0) is 16.8. The number of carbonyl (C=O) groups excluding carboxylic acids is 2. The molecule has 0 aromatic heterocycles. The quantitative estimate of drug-likeness (QED) is 0.750. The minimum absolute atomic E-state index is 0.0167. The summed E-state index contributed by atoms with van der Waals surface area (Å²) in [6.45, 7) is 3.96. The number of benzene rings is 1. The first-order chi connectivity index (χ1) is 11.7. The number of hydrogen-bond donors (Lipinski definition) is 3. The second-order valence-electron chi connectivity index (χ2n) is 6.20. The van der Waals surface area contributed by atoms with Gasteiger partial charge in [-0.25, -0.2) is 4.79 Å². The van der Waals surface area contributed by atoms with Gasteiger partial charge in [0.05, 0.1) is 6.04 Å². The molecule has 1 unspecified atom stereocenters. The highest BCUT2D eigenvalue weighted by atomic mass is 32.2. The average molecular weight is 348 g/mol. The summed E-state index contributed by atoms with van der Waals surface area (Å²) in [5, 5.41) is 8.31. The molecule has 3 amide bonds. The highest BCUT2D eigenvalue weighted by Crippen LogP contribution is 2.13. The average Bonchev–Trinajstić information content (AvgIpc) is 3.00. The van der Waals surface area contributed by atoms with Gasteiger partial charge in [0.1, 0.15) is 0 Å². The van der Waals surface area contributed by atoms with Crippen molar-refractivity contribution in [3.05, 3.63) is 29.8 Å². The van der Waals surface area contributed by atoms with Gasteiger partial charge in [-0.2, -0.15) is 11.8 Å². The lowest BCUT2D eigenvalue weighted by atomic mass is 10.1. The lowest BCUT2D eigenvalue weighted by molar-refractivity contribution is -0.119. The molecule has 1 aromatic carbocycles. The van der Waals surface area contributed by atoms with Gasteiger partial charge in [-0.05, 0) is 24.1 Å². The number of thioether (sulfide) groups is 1. The van der Waals surface area contributed by atoms with Gasteiger partial charge in [0.15, 0.2) is 0 Å². The number of amides is 3. The molecule has 2 aliphatic rings. The Morgan fingerprint density at radius 1 is 1.25 bits per heavy atom. The molecule has 3 N–H and O–H groups in total. The van der Waals surface area contributed by atoms with E-state index in [4.69, 9.17) is 0 Å². The molecule has 1 aromatic rings. The summed E-state index contributed by atoms with van der Waals surface area (Å²) in [4.78, 5) is 25.5. The van der Waals surface area contributed by atoms with Crippen molar-refractivity contribution < 1.29 is 9.59 Å². The molecule has 0 radical (unpaired) electrons. The van der Waals surface area contributed by atoms with Crippen molar-refractivity contribution in [1.29, 1.82) is 0 Å². The molecule has 1 atom stereocenters. The summed E-state index contributed by atoms with van der Waals surface area (Å²) in [6.07, 6.45) is 1.38. The monoisotopic (exact) mass is 348 g/mol. The van der Waals surface area contributed by atoms with Crippen LogP contribution in [0.15, 0.2) is 24.3 Å². The van der Waals surface area contributed by atoms with E-state index >= 15 is 0 Å². The SMILES string of the molecule is O=C1CC(NC(=O)Nc2ccc(CCN3CCSCC3)cc2)CN1. The van der Waals surface area contributed by atoms with E-state index in [1.807, 2.05) is 23.9 Å². The topological polar surface area (TPSA) is 73.5 Å². The molecule has 6 nitrogen and oxygen atoms in total. The van der Waals surface area contributed by atoms with Crippen LogP contribution in [0.1, 0.15) is 12.0 Å². The van der Waals surface area contributed by atoms with Crippen LogP contribution in [0.3, 0.4) is 0 Å². The van der Waals surface area contributed by atoms with E-state index in [-0.39, 0.29) is 18.0 Å². The van der Waals surface area contributed by atoms with Gasteiger partial charge in [-0.1, -0.05) is 12.1 Å². The Hall–Kier alpha value is -1.73. The maximum Gasteiger partial charge on any atom is 0.319 e. The van der Waals surface area contributed by atoms with Crippen molar-refractivity contribution >= 4 is 29.4 Å². The van der Waals surface area contributed by atoms with E-state index in [0.717, 1.165) is 18.7 Å². The lowest BCUT2D eigenvalue weighted by Gasteiger charge is -2.26. The Kier molecular flexibility index (Phi) is 5.98. The van der Waals surface area contributed by atoms with Crippen molar-refractivity contribution in [3.63, 3.8) is 0 Å². The van der Waals surface area contributed by atoms with Gasteiger partial charge < -0.3 is 20.9 Å². The van der Waals surface area contributed by atoms with E-state index < -0.39 is 0 Å². The van der Waals surface area contributed by atoms with Gasteiger partial charge in [0, 0.05) is 49.8 Å². The molecule has 0 saturated carbocycles. The van der Waals surface area contributed by atoms with E-state index in [1.165, 1.54) is 30.2 Å². The zero-order valence-corrected chi connectivity index (χ0v) is 14.5. The van der Waals surface area contributed by atoms with Crippen LogP contribution in [0, 0.1) is 0 Å². The molecule has 2 aliphatic heterocycles. The number of nitrogens with zero attached hydrogens (tertiary/aromatic N) is 1. The lowest BCUT2D eigenvalue weighted by Crippen LogP contribution is -2.39. The van der Waals surface area contributed by atoms with Gasteiger partial charge in [-0.3, -0.25) is 4.79 Å². The molecule has 2 heterocycles. The third-order valence-electron chi connectivity index (χ3n) is 4.34. The van der Waals surface area contributed by atoms with Gasteiger partial charge in [0.2, 0.25) is 5.91 Å². The minimum Gasteiger partial charge on any atom is -0.354 e. The van der Waals surface area contributed by atoms with Crippen LogP contribution in [0.5, 0.6) is 0 Å². The Bertz CT molecular complexity index is 572. The highest BCUT2D eigenvalue weighted by molar-refractivity contribution is 7.99. The van der Waals surface area contributed by atoms with Crippen molar-refractivity contribution in [3.8, 4) is 0 Å². The minimum atomic E-state index is -0.268. The van der Waals surface area contributed by atoms with Gasteiger partial charge in [-0.15, -0.1) is 0 Å². The fourth-order valence-corrected chi connectivity index (χ4v) is 3.91. The molecule has 0 bridgehead atoms. The fraction of sp³-hybridized carbons (Fsp3) is 0.529. The van der Waals surface area contributed by atoms with E-state index in [1.54, 1.807) is 0 Å². The predicted octanol–water partition coefficient (Wildman–Crippen LogP) is 1.29. The molecule has 3 rings (SSSR count). The third kappa shape index (κ3) is 5.14. The maximum absolute atomic E-state index is 11.9. The van der Waals surface area contributed by atoms with Crippen LogP contribution in [0.4, 0.5) is 10.5 Å². The second kappa shape index (κ2) is 8.39. The summed E-state index contributed by atoms with van der Waals surface area (Å²) >= 11 is 2.03. The van der Waals surface area contributed by atoms with E-state index in [0.29, 0.717) is 13.0 Å². The summed E-state index contributed by atoms with van der Waals surface area (Å²) in [5.41, 5.74) is 2.05. The van der Waals surface area contributed by atoms with Crippen molar-refractivity contribution in [2.24, 2.45) is 0 Å². The number of rotatable bonds is 5. The molecule has 24 heavy (non-hydrogen) atoms. The third-order valence-corrected chi connectivity index (χ3v) is 5.29. The zero-order valence-electron chi connectivity index (χ0n) is 13.7. The molecular formula is C17H24N4O2S. The Morgan fingerprint density at radius 3 is 2.67 bits per heavy atom. The molecule has 0 spiro atoms. The van der Waals surface area contributed by atoms with Crippen LogP contribution < -0.4 is 16.0 Å². The molecule has 130 valence electrons. The Labute approximate surface area is 146 Å². The summed E-state index contributed by atoms with van der Waals surface area (Å²) in [5.74, 6) is 2.46. The first-order valence-electron chi connectivity index (χ1n) is 8.42. The number of nitrogens with one attached hydrogen (secondary N) is 3. The van der Waals surface area contributed by atoms with Crippen molar-refractivity contribution in [2.75, 3.05) is 43.0 Å². The number of hydrogen-bond acceptors (Lipinski definition) is 4. The summed E-state index contributed by atoms with van der Waals surface area (Å²) < 4.78 is 0. The van der Waals surface area contributed by atoms with Crippen molar-refractivity contribution in [2.45, 2.75) is 18.9 Å². The highest BCUT2D eigenvalue weighted by Gasteiger charge is 2.22. The van der Waals surface area contributed by atoms with Crippen LogP contribution in [-0.2, 0) is 11.2 Å². The number of urea groups is 1. The first-order valence-corrected chi connectivity index (χ1v) is 9.58. The normalized spacial score (nSPS) is 21.3. The number of carbonyl (C=O) groups is 2. The molecular weight excluding hydrogens is 324 g/mol. The van der Waals surface area contributed by atoms with Gasteiger partial charge >= 0.3 is 6.03 Å². The van der Waals surface area contributed by atoms with E-state index in [9.17, 15) is 9.59 Å². The smallest absolute Gasteiger partial charge is 0.319 e. The predicted molar refractivity (Wildman–Crippen MR) is 97.5 cm³/mol. The molecule has 2 saturated heterocycles. The van der Waals surface area contributed by atoms with E-state index in [2.05, 4.69) is 33.0 Å². The van der Waals surface area contributed by atoms with Gasteiger partial charge in [0.25, 0.3) is 0 Å². The first kappa shape index (κ1) is 17.1. The number of anilines is 1. The molecule has 2 fully saturated rings. The summed E-state index contributed by atoms with van der Waals surface area (Å²) in [6, 6.07) is 7.59. The Balaban J connectivity index is 1.42. The Morgan fingerprint density at radius 2 is 2.00 bits per heavy atom. The van der Waals surface area contributed by atoms with Crippen LogP contribution in [0.25, 0.3) is 0 Å². The second-order valence-corrected chi connectivity index (χ2v) is 7.43. The van der Waals surface area contributed by atoms with Crippen molar-refractivity contribution in [1.82, 2.24) is 15.5 Å². The standard InChI is InChI=1S/C17H24N4O2S/c22-16-11-15(12-18-16)20-17(23)19-14-3-1-13(2-4-14)5-6-21-7-9-24-10-8-21/h1-4,15H,5-12H2,(H,18,22)(H2,19,20,23).